The Labute approximate surface area is 144 Å². The summed E-state index contributed by atoms with van der Waals surface area (Å²) in [4.78, 5) is 13.1. The van der Waals surface area contributed by atoms with Gasteiger partial charge in [0.25, 0.3) is 5.91 Å². The van der Waals surface area contributed by atoms with Crippen molar-refractivity contribution < 1.29 is 18.0 Å². The number of rotatable bonds is 4. The first-order valence-corrected chi connectivity index (χ1v) is 7.93. The van der Waals surface area contributed by atoms with Gasteiger partial charge in [-0.3, -0.25) is 4.79 Å². The smallest absolute Gasteiger partial charge is 0.382 e. The Kier molecular flexibility index (Phi) is 4.45. The van der Waals surface area contributed by atoms with Crippen molar-refractivity contribution in [2.24, 2.45) is 0 Å². The molecule has 2 heterocycles. The summed E-state index contributed by atoms with van der Waals surface area (Å²) >= 11 is 1.48. The lowest BCUT2D eigenvalue weighted by molar-refractivity contribution is -0.137. The maximum Gasteiger partial charge on any atom is 0.416 e. The Morgan fingerprint density at radius 2 is 2.08 bits per heavy atom. The third kappa shape index (κ3) is 3.63. The summed E-state index contributed by atoms with van der Waals surface area (Å²) in [5.74, 6) is -0.688. The lowest BCUT2D eigenvalue weighted by Gasteiger charge is -2.09. The van der Waals surface area contributed by atoms with Gasteiger partial charge in [0.05, 0.1) is 17.8 Å². The van der Waals surface area contributed by atoms with E-state index in [-0.39, 0.29) is 17.2 Å². The molecule has 2 aromatic heterocycles. The van der Waals surface area contributed by atoms with Gasteiger partial charge in [0.15, 0.2) is 11.5 Å². The van der Waals surface area contributed by atoms with Crippen LogP contribution in [0.1, 0.15) is 20.9 Å². The largest absolute Gasteiger partial charge is 0.416 e. The van der Waals surface area contributed by atoms with Crippen molar-refractivity contribution in [1.29, 1.82) is 0 Å². The third-order valence-corrected chi connectivity index (χ3v) is 4.22. The highest BCUT2D eigenvalue weighted by Gasteiger charge is 2.31. The molecule has 0 aliphatic carbocycles. The molecule has 0 fully saturated rings. The molecule has 3 rings (SSSR count). The lowest BCUT2D eigenvalue weighted by atomic mass is 10.2. The summed E-state index contributed by atoms with van der Waals surface area (Å²) in [6.45, 7) is 0.298. The number of anilines is 1. The number of thiophene rings is 1. The first-order valence-electron chi connectivity index (χ1n) is 7.05. The number of alkyl halides is 3. The normalized spacial score (nSPS) is 11.5. The van der Waals surface area contributed by atoms with E-state index in [0.29, 0.717) is 6.54 Å². The second kappa shape index (κ2) is 6.55. The van der Waals surface area contributed by atoms with Gasteiger partial charge in [-0.15, -0.1) is 16.4 Å². The Morgan fingerprint density at radius 1 is 1.28 bits per heavy atom. The van der Waals surface area contributed by atoms with Gasteiger partial charge in [-0.25, -0.2) is 0 Å². The van der Waals surface area contributed by atoms with Gasteiger partial charge in [-0.2, -0.15) is 17.9 Å². The number of hydrogen-bond acceptors (Lipinski definition) is 5. The second-order valence-corrected chi connectivity index (χ2v) is 6.08. The van der Waals surface area contributed by atoms with Crippen LogP contribution in [0.25, 0.3) is 5.69 Å². The van der Waals surface area contributed by atoms with Gasteiger partial charge in [-0.1, -0.05) is 17.3 Å². The fourth-order valence-corrected chi connectivity index (χ4v) is 2.76. The summed E-state index contributed by atoms with van der Waals surface area (Å²) in [6.07, 6.45) is -4.49. The molecule has 6 nitrogen and oxygen atoms in total. The van der Waals surface area contributed by atoms with E-state index in [0.717, 1.165) is 21.7 Å². The average molecular weight is 367 g/mol. The highest BCUT2D eigenvalue weighted by atomic mass is 32.1. The van der Waals surface area contributed by atoms with E-state index in [1.807, 2.05) is 17.5 Å². The van der Waals surface area contributed by atoms with Crippen molar-refractivity contribution in [3.8, 4) is 5.69 Å². The molecule has 3 N–H and O–H groups in total. The predicted octanol–water partition coefficient (Wildman–Crippen LogP) is 2.86. The molecule has 10 heteroatoms. The Bertz CT molecular complexity index is 889. The summed E-state index contributed by atoms with van der Waals surface area (Å²) in [6, 6.07) is 8.16. The molecule has 130 valence electrons. The topological polar surface area (TPSA) is 85.8 Å². The molecule has 1 amide bonds. The zero-order chi connectivity index (χ0) is 18.0. The number of benzene rings is 1. The zero-order valence-corrected chi connectivity index (χ0v) is 13.4. The second-order valence-electron chi connectivity index (χ2n) is 5.05. The summed E-state index contributed by atoms with van der Waals surface area (Å²) in [7, 11) is 0. The van der Waals surface area contributed by atoms with Gasteiger partial charge in [-0.05, 0) is 29.6 Å². The van der Waals surface area contributed by atoms with E-state index >= 15 is 0 Å². The maximum atomic E-state index is 12.8. The molecule has 0 saturated heterocycles. The molecular weight excluding hydrogens is 355 g/mol. The van der Waals surface area contributed by atoms with Crippen LogP contribution in [-0.4, -0.2) is 20.9 Å². The van der Waals surface area contributed by atoms with E-state index in [9.17, 15) is 18.0 Å². The fraction of sp³-hybridized carbons (Fsp3) is 0.133. The monoisotopic (exact) mass is 367 g/mol. The van der Waals surface area contributed by atoms with Crippen molar-refractivity contribution in [2.45, 2.75) is 12.7 Å². The number of carbonyl (C=O) groups is 1. The molecule has 3 aromatic rings. The molecule has 0 radical (unpaired) electrons. The average Bonchev–Trinajstić information content (AvgIpc) is 3.21. The van der Waals surface area contributed by atoms with E-state index < -0.39 is 17.6 Å². The Balaban J connectivity index is 1.82. The van der Waals surface area contributed by atoms with E-state index in [1.54, 1.807) is 0 Å². The number of halogens is 3. The van der Waals surface area contributed by atoms with Crippen LogP contribution in [0.2, 0.25) is 0 Å². The highest BCUT2D eigenvalue weighted by molar-refractivity contribution is 7.09. The third-order valence-electron chi connectivity index (χ3n) is 3.34. The summed E-state index contributed by atoms with van der Waals surface area (Å²) in [5, 5.41) is 11.9. The number of nitrogen functional groups attached to an aromatic ring is 1. The van der Waals surface area contributed by atoms with Crippen molar-refractivity contribution in [1.82, 2.24) is 20.3 Å². The summed E-state index contributed by atoms with van der Waals surface area (Å²) in [5.41, 5.74) is 4.92. The number of aromatic nitrogens is 3. The van der Waals surface area contributed by atoms with Gasteiger partial charge in [0.1, 0.15) is 0 Å². The fourth-order valence-electron chi connectivity index (χ4n) is 2.12. The Hall–Kier alpha value is -2.88. The minimum Gasteiger partial charge on any atom is -0.382 e. The van der Waals surface area contributed by atoms with Gasteiger partial charge in [0, 0.05) is 4.88 Å². The first kappa shape index (κ1) is 17.0. The van der Waals surface area contributed by atoms with Gasteiger partial charge >= 0.3 is 6.18 Å². The van der Waals surface area contributed by atoms with E-state index in [2.05, 4.69) is 15.6 Å². The SMILES string of the molecule is Nc1c(C(=O)NCc2cccs2)nnn1-c1cccc(C(F)(F)F)c1. The van der Waals surface area contributed by atoms with Crippen LogP contribution in [0.15, 0.2) is 41.8 Å². The molecule has 25 heavy (non-hydrogen) atoms. The van der Waals surface area contributed by atoms with Crippen molar-refractivity contribution >= 4 is 23.1 Å². The van der Waals surface area contributed by atoms with Crippen LogP contribution in [0.3, 0.4) is 0 Å². The van der Waals surface area contributed by atoms with Crippen LogP contribution >= 0.6 is 11.3 Å². The van der Waals surface area contributed by atoms with Crippen molar-refractivity contribution in [3.05, 3.63) is 57.9 Å². The van der Waals surface area contributed by atoms with Gasteiger partial charge in [0.2, 0.25) is 0 Å². The lowest BCUT2D eigenvalue weighted by Crippen LogP contribution is -2.23. The molecule has 0 aliphatic heterocycles. The number of nitrogens with zero attached hydrogens (tertiary/aromatic N) is 3. The first-order chi connectivity index (χ1) is 11.9. The predicted molar refractivity (Wildman–Crippen MR) is 86.3 cm³/mol. The standard InChI is InChI=1S/C15H12F3N5OS/c16-15(17,18)9-3-1-4-10(7-9)23-13(19)12(21-22-23)14(24)20-8-11-5-2-6-25-11/h1-7H,8,19H2,(H,20,24). The number of carbonyl (C=O) groups excluding carboxylic acids is 1. The maximum absolute atomic E-state index is 12.8. The molecular formula is C15H12F3N5OS. The minimum atomic E-state index is -4.49. The Morgan fingerprint density at radius 3 is 2.76 bits per heavy atom. The molecule has 0 bridgehead atoms. The van der Waals surface area contributed by atoms with E-state index in [4.69, 9.17) is 5.73 Å². The minimum absolute atomic E-state index is 0.0668. The number of hydrogen-bond donors (Lipinski definition) is 2. The van der Waals surface area contributed by atoms with Crippen molar-refractivity contribution in [3.63, 3.8) is 0 Å². The van der Waals surface area contributed by atoms with Crippen LogP contribution in [-0.2, 0) is 12.7 Å². The molecule has 1 aromatic carbocycles. The quantitative estimate of drug-likeness (QED) is 0.742. The molecule has 0 atom stereocenters. The molecule has 0 spiro atoms. The van der Waals surface area contributed by atoms with Crippen LogP contribution in [0.4, 0.5) is 19.0 Å². The van der Waals surface area contributed by atoms with Crippen LogP contribution < -0.4 is 11.1 Å². The molecule has 0 aliphatic rings. The summed E-state index contributed by atoms with van der Waals surface area (Å²) < 4.78 is 39.4. The van der Waals surface area contributed by atoms with Crippen LogP contribution in [0, 0.1) is 0 Å². The number of amides is 1. The molecule has 0 unspecified atom stereocenters. The van der Waals surface area contributed by atoms with Gasteiger partial charge < -0.3 is 11.1 Å². The number of nitrogens with two attached hydrogens (primary N) is 1. The molecule has 0 saturated carbocycles. The van der Waals surface area contributed by atoms with Crippen molar-refractivity contribution in [2.75, 3.05) is 5.73 Å². The zero-order valence-electron chi connectivity index (χ0n) is 12.6. The highest BCUT2D eigenvalue weighted by Crippen LogP contribution is 2.30. The van der Waals surface area contributed by atoms with Crippen LogP contribution in [0.5, 0.6) is 0 Å². The number of nitrogens with one attached hydrogen (secondary N) is 1. The van der Waals surface area contributed by atoms with E-state index in [1.165, 1.54) is 23.5 Å².